The Bertz CT molecular complexity index is 877. The van der Waals surface area contributed by atoms with E-state index in [0.29, 0.717) is 5.82 Å². The molecule has 1 aromatic carbocycles. The third kappa shape index (κ3) is 2.95. The van der Waals surface area contributed by atoms with Gasteiger partial charge in [0.1, 0.15) is 17.0 Å². The van der Waals surface area contributed by atoms with Gasteiger partial charge in [-0.15, -0.1) is 11.3 Å². The maximum Gasteiger partial charge on any atom is 0.328 e. The van der Waals surface area contributed by atoms with Crippen molar-refractivity contribution >= 4 is 33.3 Å². The van der Waals surface area contributed by atoms with Crippen LogP contribution in [0, 0.1) is 6.92 Å². The summed E-state index contributed by atoms with van der Waals surface area (Å²) in [6.45, 7) is 3.43. The van der Waals surface area contributed by atoms with E-state index in [0.717, 1.165) is 26.2 Å². The summed E-state index contributed by atoms with van der Waals surface area (Å²) in [4.78, 5) is 21.8. The smallest absolute Gasteiger partial charge is 0.328 e. The van der Waals surface area contributed by atoms with E-state index in [1.807, 2.05) is 37.3 Å². The van der Waals surface area contributed by atoms with Gasteiger partial charge in [0.25, 0.3) is 0 Å². The van der Waals surface area contributed by atoms with Crippen molar-refractivity contribution in [3.8, 4) is 11.1 Å². The van der Waals surface area contributed by atoms with E-state index in [9.17, 15) is 15.0 Å². The van der Waals surface area contributed by atoms with Crippen molar-refractivity contribution in [3.05, 3.63) is 41.5 Å². The Kier molecular flexibility index (Phi) is 4.46. The molecule has 3 rings (SSSR count). The first-order chi connectivity index (χ1) is 11.5. The van der Waals surface area contributed by atoms with Crippen LogP contribution in [0.2, 0.25) is 0 Å². The third-order valence-electron chi connectivity index (χ3n) is 3.77. The Morgan fingerprint density at radius 2 is 1.96 bits per heavy atom. The number of aromatic nitrogens is 2. The summed E-state index contributed by atoms with van der Waals surface area (Å²) >= 11 is 1.53. The fraction of sp³-hybridized carbons (Fsp3) is 0.235. The van der Waals surface area contributed by atoms with Crippen LogP contribution in [0.1, 0.15) is 11.8 Å². The average molecular weight is 343 g/mol. The van der Waals surface area contributed by atoms with Gasteiger partial charge in [0, 0.05) is 10.4 Å². The Morgan fingerprint density at radius 3 is 2.58 bits per heavy atom. The number of rotatable bonds is 5. The molecule has 0 amide bonds. The Balaban J connectivity index is 2.18. The molecule has 2 unspecified atom stereocenters. The number of carboxylic acid groups (broad SMARTS) is 1. The summed E-state index contributed by atoms with van der Waals surface area (Å²) in [6.07, 6.45) is 0.337. The number of thiophene rings is 1. The molecular weight excluding hydrogens is 326 g/mol. The maximum absolute atomic E-state index is 11.4. The van der Waals surface area contributed by atoms with Crippen LogP contribution in [0.5, 0.6) is 0 Å². The molecule has 0 spiro atoms. The van der Waals surface area contributed by atoms with Crippen LogP contribution in [0.15, 0.2) is 36.7 Å². The van der Waals surface area contributed by atoms with E-state index in [-0.39, 0.29) is 0 Å². The Hall–Kier alpha value is -2.51. The molecule has 0 saturated carbocycles. The number of aliphatic hydroxyl groups excluding tert-OH is 1. The maximum atomic E-state index is 11.4. The molecule has 124 valence electrons. The normalized spacial score (nSPS) is 13.6. The lowest BCUT2D eigenvalue weighted by atomic mass is 10.0. The molecular formula is C17H17N3O3S. The molecule has 0 fully saturated rings. The molecule has 6 nitrogen and oxygen atoms in total. The number of benzene rings is 1. The molecule has 0 aliphatic carbocycles. The standard InChI is InChI=1S/C17H17N3O3S/c1-9(21)14(17(22)23)20-15-13-12(11-6-4-3-5-7-11)10(2)24-16(13)19-8-18-15/h3-9,14,21H,1-2H3,(H,22,23)(H,18,19,20). The lowest BCUT2D eigenvalue weighted by Gasteiger charge is -2.18. The van der Waals surface area contributed by atoms with Gasteiger partial charge in [-0.3, -0.25) is 0 Å². The molecule has 0 bridgehead atoms. The largest absolute Gasteiger partial charge is 0.480 e. The van der Waals surface area contributed by atoms with Gasteiger partial charge in [0.05, 0.1) is 11.5 Å². The predicted molar refractivity (Wildman–Crippen MR) is 94.3 cm³/mol. The number of aryl methyl sites for hydroxylation is 1. The first-order valence-electron chi connectivity index (χ1n) is 7.46. The molecule has 0 saturated heterocycles. The lowest BCUT2D eigenvalue weighted by molar-refractivity contribution is -0.140. The SMILES string of the molecule is Cc1sc2ncnc(NC(C(=O)O)C(C)O)c2c1-c1ccccc1. The molecule has 0 aliphatic rings. The number of nitrogens with one attached hydrogen (secondary N) is 1. The predicted octanol–water partition coefficient (Wildman–Crippen LogP) is 2.91. The molecule has 0 aliphatic heterocycles. The number of hydrogen-bond acceptors (Lipinski definition) is 6. The van der Waals surface area contributed by atoms with Gasteiger partial charge in [-0.2, -0.15) is 0 Å². The van der Waals surface area contributed by atoms with Crippen molar-refractivity contribution in [2.75, 3.05) is 5.32 Å². The number of carbonyl (C=O) groups is 1. The second kappa shape index (κ2) is 6.54. The quantitative estimate of drug-likeness (QED) is 0.659. The van der Waals surface area contributed by atoms with E-state index in [4.69, 9.17) is 0 Å². The first-order valence-corrected chi connectivity index (χ1v) is 8.27. The van der Waals surface area contributed by atoms with Gasteiger partial charge >= 0.3 is 5.97 Å². The number of fused-ring (bicyclic) bond motifs is 1. The highest BCUT2D eigenvalue weighted by molar-refractivity contribution is 7.19. The van der Waals surface area contributed by atoms with Crippen molar-refractivity contribution < 1.29 is 15.0 Å². The second-order valence-corrected chi connectivity index (χ2v) is 6.71. The molecule has 2 aromatic heterocycles. The molecule has 0 radical (unpaired) electrons. The van der Waals surface area contributed by atoms with E-state index in [1.54, 1.807) is 0 Å². The van der Waals surface area contributed by atoms with Gasteiger partial charge < -0.3 is 15.5 Å². The minimum absolute atomic E-state index is 0.413. The summed E-state index contributed by atoms with van der Waals surface area (Å²) < 4.78 is 0. The van der Waals surface area contributed by atoms with Crippen LogP contribution < -0.4 is 5.32 Å². The second-order valence-electron chi connectivity index (χ2n) is 5.50. The van der Waals surface area contributed by atoms with E-state index in [1.165, 1.54) is 24.6 Å². The fourth-order valence-electron chi connectivity index (χ4n) is 2.64. The zero-order valence-electron chi connectivity index (χ0n) is 13.2. The summed E-state index contributed by atoms with van der Waals surface area (Å²) in [5, 5.41) is 22.7. The van der Waals surface area contributed by atoms with Gasteiger partial charge in [-0.1, -0.05) is 30.3 Å². The fourth-order valence-corrected chi connectivity index (χ4v) is 3.65. The molecule has 7 heteroatoms. The van der Waals surface area contributed by atoms with Crippen molar-refractivity contribution in [1.82, 2.24) is 9.97 Å². The van der Waals surface area contributed by atoms with Crippen LogP contribution in [0.25, 0.3) is 21.3 Å². The van der Waals surface area contributed by atoms with Crippen LogP contribution in [0.3, 0.4) is 0 Å². The van der Waals surface area contributed by atoms with Gasteiger partial charge in [0.2, 0.25) is 0 Å². The summed E-state index contributed by atoms with van der Waals surface area (Å²) in [7, 11) is 0. The van der Waals surface area contributed by atoms with Crippen LogP contribution >= 0.6 is 11.3 Å². The molecule has 24 heavy (non-hydrogen) atoms. The molecule has 2 heterocycles. The lowest BCUT2D eigenvalue weighted by Crippen LogP contribution is -2.39. The third-order valence-corrected chi connectivity index (χ3v) is 4.78. The van der Waals surface area contributed by atoms with E-state index >= 15 is 0 Å². The Labute approximate surface area is 142 Å². The highest BCUT2D eigenvalue weighted by Crippen LogP contribution is 2.40. The zero-order valence-corrected chi connectivity index (χ0v) is 14.0. The van der Waals surface area contributed by atoms with Crippen LogP contribution in [-0.2, 0) is 4.79 Å². The summed E-state index contributed by atoms with van der Waals surface area (Å²) in [5.74, 6) is -0.721. The monoisotopic (exact) mass is 343 g/mol. The number of aliphatic hydroxyl groups is 1. The summed E-state index contributed by atoms with van der Waals surface area (Å²) in [6, 6.07) is 8.68. The first kappa shape index (κ1) is 16.4. The van der Waals surface area contributed by atoms with Gasteiger partial charge in [0.15, 0.2) is 6.04 Å². The molecule has 2 atom stereocenters. The molecule has 3 aromatic rings. The van der Waals surface area contributed by atoms with Crippen LogP contribution in [0.4, 0.5) is 5.82 Å². The minimum atomic E-state index is -1.15. The number of carboxylic acids is 1. The zero-order chi connectivity index (χ0) is 17.3. The average Bonchev–Trinajstić information content (AvgIpc) is 2.89. The van der Waals surface area contributed by atoms with Crippen molar-refractivity contribution in [2.24, 2.45) is 0 Å². The number of aliphatic carboxylic acids is 1. The topological polar surface area (TPSA) is 95.3 Å². The number of hydrogen-bond donors (Lipinski definition) is 3. The van der Waals surface area contributed by atoms with Crippen molar-refractivity contribution in [3.63, 3.8) is 0 Å². The number of anilines is 1. The highest BCUT2D eigenvalue weighted by Gasteiger charge is 2.25. The van der Waals surface area contributed by atoms with Gasteiger partial charge in [-0.25, -0.2) is 14.8 Å². The van der Waals surface area contributed by atoms with Crippen molar-refractivity contribution in [2.45, 2.75) is 26.0 Å². The van der Waals surface area contributed by atoms with Crippen LogP contribution in [-0.4, -0.2) is 38.3 Å². The van der Waals surface area contributed by atoms with Gasteiger partial charge in [-0.05, 0) is 19.4 Å². The van der Waals surface area contributed by atoms with E-state index in [2.05, 4.69) is 15.3 Å². The molecule has 3 N–H and O–H groups in total. The van der Waals surface area contributed by atoms with Crippen molar-refractivity contribution in [1.29, 1.82) is 0 Å². The highest BCUT2D eigenvalue weighted by atomic mass is 32.1. The Morgan fingerprint density at radius 1 is 1.25 bits per heavy atom. The minimum Gasteiger partial charge on any atom is -0.480 e. The number of nitrogens with zero attached hydrogens (tertiary/aromatic N) is 2. The summed E-state index contributed by atoms with van der Waals surface area (Å²) in [5.41, 5.74) is 2.00. The van der Waals surface area contributed by atoms with E-state index < -0.39 is 18.1 Å².